The van der Waals surface area contributed by atoms with Crippen LogP contribution < -0.4 is 26.6 Å². The highest BCUT2D eigenvalue weighted by Crippen LogP contribution is 2.27. The molecule has 1 aromatic carbocycles. The Morgan fingerprint density at radius 3 is 2.39 bits per heavy atom. The summed E-state index contributed by atoms with van der Waals surface area (Å²) in [6.07, 6.45) is 1.96. The normalized spacial score (nSPS) is 15.6. The molecule has 3 rings (SSSR count). The third kappa shape index (κ3) is 6.09. The largest absolute Gasteiger partial charge is 0.365 e. The number of anilines is 4. The van der Waals surface area contributed by atoms with E-state index in [9.17, 15) is 14.4 Å². The second-order valence-corrected chi connectivity index (χ2v) is 8.98. The smallest absolute Gasteiger partial charge is 0.252 e. The van der Waals surface area contributed by atoms with Crippen LogP contribution in [0.2, 0.25) is 0 Å². The molecule has 0 radical (unpaired) electrons. The van der Waals surface area contributed by atoms with Gasteiger partial charge in [0, 0.05) is 35.9 Å². The summed E-state index contributed by atoms with van der Waals surface area (Å²) in [6, 6.07) is 10.5. The summed E-state index contributed by atoms with van der Waals surface area (Å²) in [7, 11) is 0. The molecule has 1 aliphatic rings. The highest BCUT2D eigenvalue weighted by Gasteiger charge is 2.27. The van der Waals surface area contributed by atoms with E-state index in [-0.39, 0.29) is 17.9 Å². The van der Waals surface area contributed by atoms with Gasteiger partial charge in [0.05, 0.1) is 5.56 Å². The number of rotatable bonds is 7. The van der Waals surface area contributed by atoms with Gasteiger partial charge in [-0.25, -0.2) is 4.98 Å². The van der Waals surface area contributed by atoms with E-state index >= 15 is 0 Å². The third-order valence-electron chi connectivity index (χ3n) is 5.26. The van der Waals surface area contributed by atoms with Crippen LogP contribution in [0.4, 0.5) is 23.0 Å². The first-order valence-corrected chi connectivity index (χ1v) is 10.7. The zero-order valence-corrected chi connectivity index (χ0v) is 19.1. The van der Waals surface area contributed by atoms with Crippen molar-refractivity contribution in [1.29, 1.82) is 0 Å². The van der Waals surface area contributed by atoms with E-state index in [1.54, 1.807) is 24.3 Å². The van der Waals surface area contributed by atoms with Gasteiger partial charge < -0.3 is 26.6 Å². The number of benzene rings is 1. The van der Waals surface area contributed by atoms with E-state index in [0.29, 0.717) is 36.0 Å². The summed E-state index contributed by atoms with van der Waals surface area (Å²) >= 11 is 0. The summed E-state index contributed by atoms with van der Waals surface area (Å²) in [4.78, 5) is 42.3. The van der Waals surface area contributed by atoms with Crippen molar-refractivity contribution in [1.82, 2.24) is 10.3 Å². The molecule has 1 saturated heterocycles. The van der Waals surface area contributed by atoms with Crippen molar-refractivity contribution in [3.8, 4) is 0 Å². The van der Waals surface area contributed by atoms with Gasteiger partial charge in [-0.2, -0.15) is 0 Å². The highest BCUT2D eigenvalue weighted by molar-refractivity contribution is 5.98. The molecule has 0 bridgehead atoms. The SMILES string of the molecule is C=CC(=O)N[C@H]1CCN(c2nc(Nc3ccc(NC(=O)C(C)(C)C)cc3)ccc2C(N)=O)C1. The Morgan fingerprint density at radius 1 is 1.12 bits per heavy atom. The van der Waals surface area contributed by atoms with Crippen molar-refractivity contribution in [2.75, 3.05) is 28.6 Å². The Balaban J connectivity index is 1.74. The number of nitrogens with zero attached hydrogens (tertiary/aromatic N) is 2. The molecule has 5 N–H and O–H groups in total. The number of hydrogen-bond donors (Lipinski definition) is 4. The molecule has 0 spiro atoms. The van der Waals surface area contributed by atoms with Gasteiger partial charge in [-0.05, 0) is 48.9 Å². The third-order valence-corrected chi connectivity index (χ3v) is 5.26. The van der Waals surface area contributed by atoms with Gasteiger partial charge in [0.2, 0.25) is 11.8 Å². The van der Waals surface area contributed by atoms with Crippen molar-refractivity contribution in [2.24, 2.45) is 11.1 Å². The number of pyridine rings is 1. The number of nitrogens with one attached hydrogen (secondary N) is 3. The molecule has 174 valence electrons. The molecule has 0 aliphatic carbocycles. The van der Waals surface area contributed by atoms with Gasteiger partial charge in [0.25, 0.3) is 5.91 Å². The van der Waals surface area contributed by atoms with Crippen LogP contribution in [0.15, 0.2) is 49.1 Å². The molecular formula is C24H30N6O3. The van der Waals surface area contributed by atoms with Gasteiger partial charge in [-0.3, -0.25) is 14.4 Å². The van der Waals surface area contributed by atoms with Gasteiger partial charge in [0.1, 0.15) is 11.6 Å². The van der Waals surface area contributed by atoms with Crippen molar-refractivity contribution in [2.45, 2.75) is 33.2 Å². The fourth-order valence-electron chi connectivity index (χ4n) is 3.39. The van der Waals surface area contributed by atoms with E-state index in [4.69, 9.17) is 5.73 Å². The van der Waals surface area contributed by atoms with Crippen molar-refractivity contribution >= 4 is 40.7 Å². The van der Waals surface area contributed by atoms with E-state index < -0.39 is 11.3 Å². The molecule has 1 aromatic heterocycles. The second kappa shape index (κ2) is 9.72. The van der Waals surface area contributed by atoms with Crippen molar-refractivity contribution < 1.29 is 14.4 Å². The Bertz CT molecular complexity index is 1060. The van der Waals surface area contributed by atoms with Gasteiger partial charge in [0.15, 0.2) is 0 Å². The maximum atomic E-state index is 12.2. The number of carbonyl (C=O) groups excluding carboxylic acids is 3. The van der Waals surface area contributed by atoms with Gasteiger partial charge in [-0.15, -0.1) is 0 Å². The molecule has 33 heavy (non-hydrogen) atoms. The first kappa shape index (κ1) is 23.8. The van der Waals surface area contributed by atoms with Crippen LogP contribution in [0, 0.1) is 5.41 Å². The number of aromatic nitrogens is 1. The lowest BCUT2D eigenvalue weighted by Crippen LogP contribution is -2.36. The fraction of sp³-hybridized carbons (Fsp3) is 0.333. The maximum absolute atomic E-state index is 12.2. The van der Waals surface area contributed by atoms with E-state index in [1.165, 1.54) is 6.08 Å². The summed E-state index contributed by atoms with van der Waals surface area (Å²) in [5.74, 6) is 0.144. The fourth-order valence-corrected chi connectivity index (χ4v) is 3.39. The highest BCUT2D eigenvalue weighted by atomic mass is 16.2. The predicted octanol–water partition coefficient (Wildman–Crippen LogP) is 2.79. The van der Waals surface area contributed by atoms with E-state index in [2.05, 4.69) is 27.5 Å². The first-order valence-electron chi connectivity index (χ1n) is 10.7. The summed E-state index contributed by atoms with van der Waals surface area (Å²) in [5.41, 5.74) is 6.86. The van der Waals surface area contributed by atoms with Crippen molar-refractivity contribution in [3.63, 3.8) is 0 Å². The molecule has 1 fully saturated rings. The lowest BCUT2D eigenvalue weighted by molar-refractivity contribution is -0.123. The number of primary amides is 1. The minimum Gasteiger partial charge on any atom is -0.365 e. The predicted molar refractivity (Wildman–Crippen MR) is 130 cm³/mol. The molecule has 9 heteroatoms. The van der Waals surface area contributed by atoms with E-state index in [1.807, 2.05) is 37.8 Å². The molecule has 9 nitrogen and oxygen atoms in total. The first-order chi connectivity index (χ1) is 15.6. The zero-order valence-electron chi connectivity index (χ0n) is 19.1. The number of carbonyl (C=O) groups is 3. The Labute approximate surface area is 193 Å². The molecule has 0 unspecified atom stereocenters. The second-order valence-electron chi connectivity index (χ2n) is 8.98. The van der Waals surface area contributed by atoms with Crippen LogP contribution in [-0.2, 0) is 9.59 Å². The quantitative estimate of drug-likeness (QED) is 0.480. The average Bonchev–Trinajstić information content (AvgIpc) is 3.22. The van der Waals surface area contributed by atoms with Crippen LogP contribution in [0.3, 0.4) is 0 Å². The lowest BCUT2D eigenvalue weighted by Gasteiger charge is -2.21. The van der Waals surface area contributed by atoms with Crippen molar-refractivity contribution in [3.05, 3.63) is 54.6 Å². The molecule has 3 amide bonds. The molecular weight excluding hydrogens is 420 g/mol. The summed E-state index contributed by atoms with van der Waals surface area (Å²) in [6.45, 7) is 10.2. The molecule has 2 heterocycles. The molecule has 2 aromatic rings. The summed E-state index contributed by atoms with van der Waals surface area (Å²) < 4.78 is 0. The van der Waals surface area contributed by atoms with Gasteiger partial charge >= 0.3 is 0 Å². The lowest BCUT2D eigenvalue weighted by atomic mass is 9.95. The molecule has 0 saturated carbocycles. The maximum Gasteiger partial charge on any atom is 0.252 e. The Kier molecular flexibility index (Phi) is 7.01. The van der Waals surface area contributed by atoms with Crippen LogP contribution in [-0.4, -0.2) is 41.8 Å². The zero-order chi connectivity index (χ0) is 24.2. The standard InChI is InChI=1S/C24H30N6O3/c1-5-20(31)27-17-12-13-30(14-17)22-18(21(25)32)10-11-19(29-22)26-15-6-8-16(9-7-15)28-23(33)24(2,3)4/h5-11,17H,1,12-14H2,2-4H3,(H2,25,32)(H,26,29)(H,27,31)(H,28,33)/t17-/m0/s1. The number of amides is 3. The number of hydrogen-bond acceptors (Lipinski definition) is 6. The van der Waals surface area contributed by atoms with Crippen LogP contribution in [0.5, 0.6) is 0 Å². The van der Waals surface area contributed by atoms with Gasteiger partial charge in [-0.1, -0.05) is 27.4 Å². The monoisotopic (exact) mass is 450 g/mol. The van der Waals surface area contributed by atoms with E-state index in [0.717, 1.165) is 12.1 Å². The number of nitrogens with two attached hydrogens (primary N) is 1. The Morgan fingerprint density at radius 2 is 1.79 bits per heavy atom. The molecule has 1 atom stereocenters. The topological polar surface area (TPSA) is 129 Å². The van der Waals surface area contributed by atoms with Crippen LogP contribution in [0.25, 0.3) is 0 Å². The molecule has 1 aliphatic heterocycles. The van der Waals surface area contributed by atoms with Crippen LogP contribution in [0.1, 0.15) is 37.6 Å². The minimum atomic E-state index is -0.568. The Hall–Kier alpha value is -3.88. The van der Waals surface area contributed by atoms with Crippen LogP contribution >= 0.6 is 0 Å². The minimum absolute atomic E-state index is 0.0644. The summed E-state index contributed by atoms with van der Waals surface area (Å²) in [5, 5.41) is 8.97. The average molecular weight is 451 g/mol.